The molecule has 0 bridgehead atoms. The van der Waals surface area contributed by atoms with Crippen LogP contribution in [0.15, 0.2) is 35.1 Å². The van der Waals surface area contributed by atoms with Gasteiger partial charge in [0.25, 0.3) is 5.56 Å². The molecule has 31 heavy (non-hydrogen) atoms. The molecule has 8 heteroatoms. The van der Waals surface area contributed by atoms with Gasteiger partial charge in [0, 0.05) is 5.69 Å². The van der Waals surface area contributed by atoms with Crippen molar-refractivity contribution in [2.24, 2.45) is 0 Å². The van der Waals surface area contributed by atoms with Crippen LogP contribution in [0.3, 0.4) is 0 Å². The number of fused-ring (bicyclic) bond motifs is 1. The number of carbonyl (C=O) groups excluding carboxylic acids is 1. The third-order valence-corrected chi connectivity index (χ3v) is 5.55. The van der Waals surface area contributed by atoms with Gasteiger partial charge in [0.15, 0.2) is 0 Å². The number of hydrogen-bond donors (Lipinski definition) is 1. The van der Waals surface area contributed by atoms with Crippen molar-refractivity contribution in [3.8, 4) is 0 Å². The lowest BCUT2D eigenvalue weighted by Crippen LogP contribution is -2.37. The van der Waals surface area contributed by atoms with Gasteiger partial charge in [-0.2, -0.15) is 13.2 Å². The van der Waals surface area contributed by atoms with Gasteiger partial charge in [-0.25, -0.2) is 4.98 Å². The second-order valence-corrected chi connectivity index (χ2v) is 7.77. The lowest BCUT2D eigenvalue weighted by atomic mass is 10.1. The smallest absolute Gasteiger partial charge is 0.324 e. The quantitative estimate of drug-likeness (QED) is 0.615. The fraction of sp³-hybridized carbons (Fsp3) is 0.348. The van der Waals surface area contributed by atoms with E-state index in [1.54, 1.807) is 39.0 Å². The van der Waals surface area contributed by atoms with Crippen LogP contribution in [-0.4, -0.2) is 15.5 Å². The number of aromatic nitrogens is 2. The van der Waals surface area contributed by atoms with Crippen molar-refractivity contribution in [3.63, 3.8) is 0 Å². The molecule has 0 radical (unpaired) electrons. The summed E-state index contributed by atoms with van der Waals surface area (Å²) in [4.78, 5) is 29.6. The molecule has 0 saturated carbocycles. The fourth-order valence-electron chi connectivity index (χ4n) is 3.48. The Morgan fingerprint density at radius 2 is 1.65 bits per heavy atom. The summed E-state index contributed by atoms with van der Waals surface area (Å²) < 4.78 is 41.6. The summed E-state index contributed by atoms with van der Waals surface area (Å²) in [5.74, 6) is -0.563. The lowest BCUT2D eigenvalue weighted by Gasteiger charge is -2.22. The number of rotatable bonds is 4. The highest BCUT2D eigenvalue weighted by Gasteiger charge is 2.38. The first-order chi connectivity index (χ1) is 14.4. The monoisotopic (exact) mass is 431 g/mol. The van der Waals surface area contributed by atoms with Crippen LogP contribution in [-0.2, 0) is 11.0 Å². The Hall–Kier alpha value is -3.16. The van der Waals surface area contributed by atoms with Crippen molar-refractivity contribution >= 4 is 22.6 Å². The van der Waals surface area contributed by atoms with Crippen molar-refractivity contribution in [1.82, 2.24) is 9.55 Å². The van der Waals surface area contributed by atoms with Crippen LogP contribution in [0.1, 0.15) is 47.3 Å². The maximum absolute atomic E-state index is 13.6. The van der Waals surface area contributed by atoms with E-state index in [9.17, 15) is 22.8 Å². The van der Waals surface area contributed by atoms with E-state index in [1.807, 2.05) is 19.9 Å². The minimum Gasteiger partial charge on any atom is -0.324 e. The lowest BCUT2D eigenvalue weighted by molar-refractivity contribution is -0.142. The Morgan fingerprint density at radius 3 is 2.23 bits per heavy atom. The molecular formula is C23H24F3N3O2. The molecule has 0 fully saturated rings. The number of halogens is 3. The average molecular weight is 431 g/mol. The van der Waals surface area contributed by atoms with Crippen LogP contribution in [0.25, 0.3) is 11.0 Å². The highest BCUT2D eigenvalue weighted by Crippen LogP contribution is 2.29. The number of carbonyl (C=O) groups is 1. The number of nitrogens with zero attached hydrogens (tertiary/aromatic N) is 2. The number of aryl methyl sites for hydroxylation is 4. The molecule has 1 heterocycles. The van der Waals surface area contributed by atoms with Crippen LogP contribution >= 0.6 is 0 Å². The normalized spacial score (nSPS) is 12.8. The molecular weight excluding hydrogens is 407 g/mol. The van der Waals surface area contributed by atoms with Crippen LogP contribution in [0, 0.1) is 27.7 Å². The van der Waals surface area contributed by atoms with Gasteiger partial charge in [-0.15, -0.1) is 0 Å². The highest BCUT2D eigenvalue weighted by molar-refractivity contribution is 5.95. The van der Waals surface area contributed by atoms with E-state index in [2.05, 4.69) is 10.3 Å². The van der Waals surface area contributed by atoms with Gasteiger partial charge < -0.3 is 5.32 Å². The number of hydrogen-bond acceptors (Lipinski definition) is 3. The first kappa shape index (κ1) is 22.5. The summed E-state index contributed by atoms with van der Waals surface area (Å²) in [5, 5.41) is 2.74. The predicted molar refractivity (Wildman–Crippen MR) is 114 cm³/mol. The molecule has 3 aromatic rings. The maximum Gasteiger partial charge on any atom is 0.438 e. The first-order valence-corrected chi connectivity index (χ1v) is 9.92. The summed E-state index contributed by atoms with van der Waals surface area (Å²) in [6, 6.07) is 7.31. The van der Waals surface area contributed by atoms with E-state index in [0.29, 0.717) is 5.69 Å². The largest absolute Gasteiger partial charge is 0.438 e. The average Bonchev–Trinajstić information content (AvgIpc) is 2.67. The Bertz CT molecular complexity index is 1230. The zero-order chi connectivity index (χ0) is 23.1. The second kappa shape index (κ2) is 8.17. The zero-order valence-corrected chi connectivity index (χ0v) is 18.0. The van der Waals surface area contributed by atoms with Crippen molar-refractivity contribution in [1.29, 1.82) is 0 Å². The van der Waals surface area contributed by atoms with Crippen LogP contribution in [0.2, 0.25) is 0 Å². The van der Waals surface area contributed by atoms with Gasteiger partial charge >= 0.3 is 6.18 Å². The van der Waals surface area contributed by atoms with E-state index in [0.717, 1.165) is 26.8 Å². The van der Waals surface area contributed by atoms with E-state index >= 15 is 0 Å². The van der Waals surface area contributed by atoms with Crippen LogP contribution in [0.4, 0.5) is 18.9 Å². The van der Waals surface area contributed by atoms with E-state index < -0.39 is 29.4 Å². The fourth-order valence-corrected chi connectivity index (χ4v) is 3.48. The number of benzene rings is 2. The number of anilines is 1. The minimum atomic E-state index is -4.94. The summed E-state index contributed by atoms with van der Waals surface area (Å²) in [6.07, 6.45) is -4.81. The molecule has 1 aromatic heterocycles. The topological polar surface area (TPSA) is 64.0 Å². The van der Waals surface area contributed by atoms with E-state index in [-0.39, 0.29) is 17.5 Å². The molecule has 164 valence electrons. The molecule has 5 nitrogen and oxygen atoms in total. The van der Waals surface area contributed by atoms with Crippen LogP contribution in [0.5, 0.6) is 0 Å². The van der Waals surface area contributed by atoms with Gasteiger partial charge in [0.1, 0.15) is 6.04 Å². The molecule has 0 aliphatic heterocycles. The van der Waals surface area contributed by atoms with Gasteiger partial charge in [0.2, 0.25) is 11.6 Å². The maximum atomic E-state index is 13.6. The molecule has 1 N–H and O–H groups in total. The van der Waals surface area contributed by atoms with E-state index in [4.69, 9.17) is 0 Å². The van der Waals surface area contributed by atoms with Gasteiger partial charge in [-0.3, -0.25) is 14.2 Å². The van der Waals surface area contributed by atoms with Crippen molar-refractivity contribution in [2.75, 3.05) is 5.32 Å². The molecule has 0 aliphatic carbocycles. The molecule has 1 amide bonds. The Balaban J connectivity index is 2.20. The molecule has 2 aromatic carbocycles. The van der Waals surface area contributed by atoms with Gasteiger partial charge in [-0.1, -0.05) is 13.0 Å². The predicted octanol–water partition coefficient (Wildman–Crippen LogP) is 5.24. The summed E-state index contributed by atoms with van der Waals surface area (Å²) >= 11 is 0. The zero-order valence-electron chi connectivity index (χ0n) is 18.0. The third-order valence-electron chi connectivity index (χ3n) is 5.55. The Morgan fingerprint density at radius 1 is 1.03 bits per heavy atom. The highest BCUT2D eigenvalue weighted by atomic mass is 19.4. The Labute approximate surface area is 177 Å². The molecule has 1 atom stereocenters. The summed E-state index contributed by atoms with van der Waals surface area (Å²) in [5.41, 5.74) is 1.41. The standard InChI is InChI=1S/C23H24F3N3O2/c1-6-18(21(30)27-16-8-7-12(2)13(3)9-16)29-19-11-15(5)14(4)10-17(19)28-20(22(29)31)23(24,25)26/h7-11,18H,6H2,1-5H3,(H,27,30). The van der Waals surface area contributed by atoms with Crippen LogP contribution < -0.4 is 10.9 Å². The molecule has 0 spiro atoms. The summed E-state index contributed by atoms with van der Waals surface area (Å²) in [7, 11) is 0. The second-order valence-electron chi connectivity index (χ2n) is 7.77. The van der Waals surface area contributed by atoms with E-state index in [1.165, 1.54) is 6.07 Å². The van der Waals surface area contributed by atoms with Gasteiger partial charge in [0.05, 0.1) is 11.0 Å². The number of alkyl halides is 3. The van der Waals surface area contributed by atoms with Crippen molar-refractivity contribution < 1.29 is 18.0 Å². The van der Waals surface area contributed by atoms with Crippen molar-refractivity contribution in [3.05, 3.63) is 68.6 Å². The first-order valence-electron chi connectivity index (χ1n) is 9.92. The third kappa shape index (κ3) is 4.33. The Kier molecular flexibility index (Phi) is 5.93. The number of nitrogens with one attached hydrogen (secondary N) is 1. The van der Waals surface area contributed by atoms with Crippen molar-refractivity contribution in [2.45, 2.75) is 53.3 Å². The molecule has 1 unspecified atom stereocenters. The van der Waals surface area contributed by atoms with Gasteiger partial charge in [-0.05, 0) is 80.6 Å². The molecule has 0 aliphatic rings. The molecule has 0 saturated heterocycles. The number of amides is 1. The SMILES string of the molecule is CCC(C(=O)Nc1ccc(C)c(C)c1)n1c(=O)c(C(F)(F)F)nc2cc(C)c(C)cc21. The summed E-state index contributed by atoms with van der Waals surface area (Å²) in [6.45, 7) is 9.02. The minimum absolute atomic E-state index is 0.0208. The molecule has 3 rings (SSSR count).